The van der Waals surface area contributed by atoms with E-state index in [4.69, 9.17) is 0 Å². The Balaban J connectivity index is 2.50. The van der Waals surface area contributed by atoms with E-state index in [-0.39, 0.29) is 5.78 Å². The maximum atomic E-state index is 11.1. The van der Waals surface area contributed by atoms with Gasteiger partial charge in [0, 0.05) is 25.4 Å². The van der Waals surface area contributed by atoms with Crippen molar-refractivity contribution in [2.24, 2.45) is 0 Å². The van der Waals surface area contributed by atoms with Crippen LogP contribution in [-0.4, -0.2) is 15.3 Å². The van der Waals surface area contributed by atoms with Crippen LogP contribution in [0.5, 0.6) is 0 Å². The van der Waals surface area contributed by atoms with Crippen LogP contribution in [0.1, 0.15) is 23.5 Å². The Hall–Kier alpha value is -1.12. The van der Waals surface area contributed by atoms with E-state index in [2.05, 4.69) is 4.98 Å². The Labute approximate surface area is 58.7 Å². The molecule has 10 heavy (non-hydrogen) atoms. The number of aryl methyl sites for hydroxylation is 1. The summed E-state index contributed by atoms with van der Waals surface area (Å²) in [6.45, 7) is 0.946. The first-order valence-corrected chi connectivity index (χ1v) is 3.42. The third-order valence-electron chi connectivity index (χ3n) is 1.77. The van der Waals surface area contributed by atoms with Crippen molar-refractivity contribution in [2.45, 2.75) is 19.4 Å². The number of imidazole rings is 1. The van der Waals surface area contributed by atoms with Crippen LogP contribution in [0.3, 0.4) is 0 Å². The summed E-state index contributed by atoms with van der Waals surface area (Å²) in [7, 11) is 0. The van der Waals surface area contributed by atoms with Crippen LogP contribution in [0, 0.1) is 0 Å². The molecule has 3 nitrogen and oxygen atoms in total. The summed E-state index contributed by atoms with van der Waals surface area (Å²) in [5.74, 6) is 0.808. The lowest BCUT2D eigenvalue weighted by Gasteiger charge is -2.10. The van der Waals surface area contributed by atoms with Gasteiger partial charge in [0.1, 0.15) is 0 Å². The van der Waals surface area contributed by atoms with E-state index in [1.165, 1.54) is 0 Å². The van der Waals surface area contributed by atoms with Gasteiger partial charge in [0.25, 0.3) is 0 Å². The second kappa shape index (κ2) is 1.94. The largest absolute Gasteiger partial charge is 0.329 e. The Bertz CT molecular complexity index is 264. The van der Waals surface area contributed by atoms with Crippen molar-refractivity contribution in [1.29, 1.82) is 0 Å². The van der Waals surface area contributed by atoms with Gasteiger partial charge in [-0.25, -0.2) is 4.98 Å². The normalized spacial score (nSPS) is 17.0. The quantitative estimate of drug-likeness (QED) is 0.530. The van der Waals surface area contributed by atoms with Gasteiger partial charge in [0.2, 0.25) is 0 Å². The molecular formula is C7H8N2O. The molecule has 0 bridgehead atoms. The van der Waals surface area contributed by atoms with E-state index in [1.54, 1.807) is 6.20 Å². The molecule has 2 heterocycles. The highest BCUT2D eigenvalue weighted by Gasteiger charge is 2.16. The van der Waals surface area contributed by atoms with Crippen molar-refractivity contribution in [1.82, 2.24) is 9.55 Å². The molecule has 0 aliphatic carbocycles. The molecule has 0 aromatic carbocycles. The Morgan fingerprint density at radius 3 is 3.30 bits per heavy atom. The number of hydrogen-bond acceptors (Lipinski definition) is 2. The molecule has 52 valence electrons. The average molecular weight is 136 g/mol. The summed E-state index contributed by atoms with van der Waals surface area (Å²) in [5.41, 5.74) is 0. The van der Waals surface area contributed by atoms with Crippen molar-refractivity contribution in [3.05, 3.63) is 18.2 Å². The summed E-state index contributed by atoms with van der Waals surface area (Å²) in [5, 5.41) is 0. The highest BCUT2D eigenvalue weighted by atomic mass is 16.1. The fourth-order valence-electron chi connectivity index (χ4n) is 1.26. The van der Waals surface area contributed by atoms with Crippen molar-refractivity contribution in [3.63, 3.8) is 0 Å². The third kappa shape index (κ3) is 0.667. The number of hydrogen-bond donors (Lipinski definition) is 0. The molecule has 1 aromatic rings. The van der Waals surface area contributed by atoms with Gasteiger partial charge in [-0.15, -0.1) is 0 Å². The molecule has 0 unspecified atom stereocenters. The van der Waals surface area contributed by atoms with Gasteiger partial charge in [-0.3, -0.25) is 4.79 Å². The predicted octanol–water partition coefficient (Wildman–Crippen LogP) is 0.860. The summed E-state index contributed by atoms with van der Waals surface area (Å²) < 4.78 is 1.91. The SMILES string of the molecule is O=C1CCCn2ccnc21. The van der Waals surface area contributed by atoms with E-state index in [0.29, 0.717) is 12.2 Å². The number of carbonyl (C=O) groups is 1. The van der Waals surface area contributed by atoms with Crippen LogP contribution >= 0.6 is 0 Å². The molecule has 0 saturated heterocycles. The number of carbonyl (C=O) groups excluding carboxylic acids is 1. The first-order chi connectivity index (χ1) is 4.88. The van der Waals surface area contributed by atoms with Crippen LogP contribution in [0.15, 0.2) is 12.4 Å². The van der Waals surface area contributed by atoms with E-state index >= 15 is 0 Å². The molecule has 3 heteroatoms. The summed E-state index contributed by atoms with van der Waals surface area (Å²) in [6, 6.07) is 0. The predicted molar refractivity (Wildman–Crippen MR) is 35.8 cm³/mol. The van der Waals surface area contributed by atoms with E-state index < -0.39 is 0 Å². The zero-order valence-corrected chi connectivity index (χ0v) is 5.58. The molecule has 0 spiro atoms. The summed E-state index contributed by atoms with van der Waals surface area (Å²) in [6.07, 6.45) is 5.16. The molecule has 2 rings (SSSR count). The zero-order chi connectivity index (χ0) is 6.97. The monoisotopic (exact) mass is 136 g/mol. The maximum Gasteiger partial charge on any atom is 0.198 e. The molecule has 1 aliphatic rings. The standard InChI is InChI=1S/C7H8N2O/c10-6-2-1-4-9-5-3-8-7(6)9/h3,5H,1-2,4H2. The lowest BCUT2D eigenvalue weighted by molar-refractivity contribution is 0.0949. The van der Waals surface area contributed by atoms with Gasteiger partial charge in [0.05, 0.1) is 0 Å². The molecule has 0 radical (unpaired) electrons. The number of aromatic nitrogens is 2. The van der Waals surface area contributed by atoms with Gasteiger partial charge in [-0.2, -0.15) is 0 Å². The second-order valence-electron chi connectivity index (χ2n) is 2.47. The number of rotatable bonds is 0. The van der Waals surface area contributed by atoms with Gasteiger partial charge < -0.3 is 4.57 Å². The summed E-state index contributed by atoms with van der Waals surface area (Å²) >= 11 is 0. The fraction of sp³-hybridized carbons (Fsp3) is 0.429. The Morgan fingerprint density at radius 1 is 1.60 bits per heavy atom. The van der Waals surface area contributed by atoms with Crippen molar-refractivity contribution < 1.29 is 4.79 Å². The number of Topliss-reactive ketones (excluding diaryl/α,β-unsaturated/α-hetero) is 1. The number of nitrogens with zero attached hydrogens (tertiary/aromatic N) is 2. The average Bonchev–Trinajstić information content (AvgIpc) is 2.36. The van der Waals surface area contributed by atoms with E-state index in [1.807, 2.05) is 10.8 Å². The first kappa shape index (κ1) is 5.65. The lowest BCUT2D eigenvalue weighted by atomic mass is 10.1. The van der Waals surface area contributed by atoms with Crippen molar-refractivity contribution >= 4 is 5.78 Å². The van der Waals surface area contributed by atoms with Crippen LogP contribution in [0.25, 0.3) is 0 Å². The zero-order valence-electron chi connectivity index (χ0n) is 5.58. The topological polar surface area (TPSA) is 34.9 Å². The fourth-order valence-corrected chi connectivity index (χ4v) is 1.26. The Morgan fingerprint density at radius 2 is 2.50 bits per heavy atom. The minimum absolute atomic E-state index is 0.177. The molecule has 0 fully saturated rings. The third-order valence-corrected chi connectivity index (χ3v) is 1.77. The van der Waals surface area contributed by atoms with E-state index in [0.717, 1.165) is 13.0 Å². The molecule has 0 saturated carbocycles. The van der Waals surface area contributed by atoms with Crippen molar-refractivity contribution in [2.75, 3.05) is 0 Å². The number of ketones is 1. The summed E-state index contributed by atoms with van der Waals surface area (Å²) in [4.78, 5) is 15.0. The Kier molecular flexibility index (Phi) is 1.09. The second-order valence-corrected chi connectivity index (χ2v) is 2.47. The first-order valence-electron chi connectivity index (χ1n) is 3.42. The number of fused-ring (bicyclic) bond motifs is 1. The van der Waals surface area contributed by atoms with Crippen LogP contribution < -0.4 is 0 Å². The van der Waals surface area contributed by atoms with E-state index in [9.17, 15) is 4.79 Å². The molecule has 1 aromatic heterocycles. The highest BCUT2D eigenvalue weighted by molar-refractivity contribution is 5.93. The van der Waals surface area contributed by atoms with Crippen LogP contribution in [0.2, 0.25) is 0 Å². The lowest BCUT2D eigenvalue weighted by Crippen LogP contribution is -2.16. The van der Waals surface area contributed by atoms with Gasteiger partial charge in [-0.1, -0.05) is 0 Å². The van der Waals surface area contributed by atoms with Gasteiger partial charge in [-0.05, 0) is 6.42 Å². The molecule has 0 atom stereocenters. The minimum Gasteiger partial charge on any atom is -0.329 e. The molecule has 0 N–H and O–H groups in total. The van der Waals surface area contributed by atoms with Crippen molar-refractivity contribution in [3.8, 4) is 0 Å². The smallest absolute Gasteiger partial charge is 0.198 e. The highest BCUT2D eigenvalue weighted by Crippen LogP contribution is 2.11. The molecule has 0 amide bonds. The van der Waals surface area contributed by atoms with Gasteiger partial charge in [0.15, 0.2) is 11.6 Å². The molecule has 1 aliphatic heterocycles. The van der Waals surface area contributed by atoms with Crippen LogP contribution in [-0.2, 0) is 6.54 Å². The minimum atomic E-state index is 0.177. The maximum absolute atomic E-state index is 11.1. The molecular weight excluding hydrogens is 128 g/mol. The van der Waals surface area contributed by atoms with Gasteiger partial charge >= 0.3 is 0 Å². The van der Waals surface area contributed by atoms with Crippen LogP contribution in [0.4, 0.5) is 0 Å².